The molecule has 1 aromatic rings. The van der Waals surface area contributed by atoms with Crippen LogP contribution in [0.5, 0.6) is 0 Å². The molecule has 1 amide bonds. The van der Waals surface area contributed by atoms with Crippen LogP contribution in [0.15, 0.2) is 18.2 Å². The molecule has 0 aromatic carbocycles. The maximum Gasteiger partial charge on any atom is 0.356 e. The van der Waals surface area contributed by atoms with E-state index in [0.29, 0.717) is 0 Å². The first kappa shape index (κ1) is 13.5. The molecule has 0 aliphatic heterocycles. The third kappa shape index (κ3) is 3.53. The Balaban J connectivity index is 2.04. The molecule has 0 atom stereocenters. The van der Waals surface area contributed by atoms with E-state index in [1.807, 2.05) is 0 Å². The Morgan fingerprint density at radius 2 is 1.89 bits per heavy atom. The first-order chi connectivity index (χ1) is 9.20. The molecule has 1 heterocycles. The average Bonchev–Trinajstić information content (AvgIpc) is 2.47. The molecule has 5 nitrogen and oxygen atoms in total. The zero-order chi connectivity index (χ0) is 13.7. The molecule has 19 heavy (non-hydrogen) atoms. The predicted molar refractivity (Wildman–Crippen MR) is 69.9 cm³/mol. The first-order valence-electron chi connectivity index (χ1n) is 6.57. The minimum atomic E-state index is -0.535. The van der Waals surface area contributed by atoms with Gasteiger partial charge in [-0.2, -0.15) is 0 Å². The fourth-order valence-electron chi connectivity index (χ4n) is 2.29. The molecule has 1 fully saturated rings. The van der Waals surface area contributed by atoms with Gasteiger partial charge in [-0.1, -0.05) is 25.3 Å². The number of aromatic nitrogens is 1. The molecule has 102 valence electrons. The Kier molecular flexibility index (Phi) is 4.49. The SMILES string of the molecule is COC(=O)c1cccc(C(=O)NC2CCCCC2)n1. The van der Waals surface area contributed by atoms with E-state index < -0.39 is 5.97 Å². The lowest BCUT2D eigenvalue weighted by molar-refractivity contribution is 0.0594. The lowest BCUT2D eigenvalue weighted by Gasteiger charge is -2.22. The summed E-state index contributed by atoms with van der Waals surface area (Å²) in [4.78, 5) is 27.4. The molecule has 1 saturated carbocycles. The Hall–Kier alpha value is -1.91. The highest BCUT2D eigenvalue weighted by Gasteiger charge is 2.18. The fraction of sp³-hybridized carbons (Fsp3) is 0.500. The van der Waals surface area contributed by atoms with Crippen molar-refractivity contribution >= 4 is 11.9 Å². The van der Waals surface area contributed by atoms with Crippen molar-refractivity contribution in [2.75, 3.05) is 7.11 Å². The minimum absolute atomic E-state index is 0.152. The average molecular weight is 262 g/mol. The van der Waals surface area contributed by atoms with Gasteiger partial charge in [0.25, 0.3) is 5.91 Å². The monoisotopic (exact) mass is 262 g/mol. The molecule has 0 unspecified atom stereocenters. The third-order valence-electron chi connectivity index (χ3n) is 3.32. The number of hydrogen-bond donors (Lipinski definition) is 1. The number of esters is 1. The highest BCUT2D eigenvalue weighted by Crippen LogP contribution is 2.17. The number of carbonyl (C=O) groups is 2. The van der Waals surface area contributed by atoms with Crippen molar-refractivity contribution in [1.82, 2.24) is 10.3 Å². The van der Waals surface area contributed by atoms with Gasteiger partial charge in [0.1, 0.15) is 11.4 Å². The molecule has 1 N–H and O–H groups in total. The Labute approximate surface area is 112 Å². The van der Waals surface area contributed by atoms with Gasteiger partial charge in [-0.05, 0) is 25.0 Å². The van der Waals surface area contributed by atoms with Gasteiger partial charge in [-0.3, -0.25) is 4.79 Å². The molecule has 1 aromatic heterocycles. The molecule has 0 radical (unpaired) electrons. The fourth-order valence-corrected chi connectivity index (χ4v) is 2.29. The highest BCUT2D eigenvalue weighted by molar-refractivity contribution is 5.94. The van der Waals surface area contributed by atoms with Gasteiger partial charge in [-0.25, -0.2) is 9.78 Å². The lowest BCUT2D eigenvalue weighted by Crippen LogP contribution is -2.36. The minimum Gasteiger partial charge on any atom is -0.464 e. The second-order valence-electron chi connectivity index (χ2n) is 4.71. The maximum absolute atomic E-state index is 12.1. The van der Waals surface area contributed by atoms with Crippen molar-refractivity contribution in [2.24, 2.45) is 0 Å². The first-order valence-corrected chi connectivity index (χ1v) is 6.57. The van der Waals surface area contributed by atoms with Gasteiger partial charge in [0.15, 0.2) is 0 Å². The normalized spacial score (nSPS) is 15.8. The van der Waals surface area contributed by atoms with E-state index in [1.54, 1.807) is 12.1 Å². The molecule has 0 spiro atoms. The molecule has 1 aliphatic carbocycles. The second kappa shape index (κ2) is 6.31. The van der Waals surface area contributed by atoms with Crippen LogP contribution in [0, 0.1) is 0 Å². The summed E-state index contributed by atoms with van der Waals surface area (Å²) >= 11 is 0. The summed E-state index contributed by atoms with van der Waals surface area (Å²) in [7, 11) is 1.29. The van der Waals surface area contributed by atoms with Crippen LogP contribution in [0.4, 0.5) is 0 Å². The summed E-state index contributed by atoms with van der Waals surface area (Å²) < 4.78 is 4.59. The summed E-state index contributed by atoms with van der Waals surface area (Å²) in [5.41, 5.74) is 0.410. The number of nitrogens with one attached hydrogen (secondary N) is 1. The topological polar surface area (TPSA) is 68.3 Å². The summed E-state index contributed by atoms with van der Waals surface area (Å²) in [6.45, 7) is 0. The largest absolute Gasteiger partial charge is 0.464 e. The quantitative estimate of drug-likeness (QED) is 0.845. The van der Waals surface area contributed by atoms with E-state index >= 15 is 0 Å². The summed E-state index contributed by atoms with van der Waals surface area (Å²) in [5, 5.41) is 2.97. The highest BCUT2D eigenvalue weighted by atomic mass is 16.5. The molecular formula is C14H18N2O3. The van der Waals surface area contributed by atoms with Crippen molar-refractivity contribution in [2.45, 2.75) is 38.1 Å². The Morgan fingerprint density at radius 3 is 2.58 bits per heavy atom. The maximum atomic E-state index is 12.1. The number of carbonyl (C=O) groups excluding carboxylic acids is 2. The van der Waals surface area contributed by atoms with Crippen molar-refractivity contribution in [3.05, 3.63) is 29.6 Å². The van der Waals surface area contributed by atoms with Crippen molar-refractivity contribution in [3.63, 3.8) is 0 Å². The van der Waals surface area contributed by atoms with Crippen molar-refractivity contribution in [1.29, 1.82) is 0 Å². The molecule has 0 bridgehead atoms. The van der Waals surface area contributed by atoms with Gasteiger partial charge in [0, 0.05) is 6.04 Å². The van der Waals surface area contributed by atoms with Crippen LogP contribution in [0.1, 0.15) is 53.1 Å². The van der Waals surface area contributed by atoms with Gasteiger partial charge in [0.2, 0.25) is 0 Å². The van der Waals surface area contributed by atoms with E-state index in [0.717, 1.165) is 25.7 Å². The summed E-state index contributed by atoms with van der Waals surface area (Å²) in [6.07, 6.45) is 5.58. The van der Waals surface area contributed by atoms with Crippen LogP contribution < -0.4 is 5.32 Å². The number of hydrogen-bond acceptors (Lipinski definition) is 4. The number of amides is 1. The zero-order valence-electron chi connectivity index (χ0n) is 11.0. The number of rotatable bonds is 3. The zero-order valence-corrected chi connectivity index (χ0v) is 11.0. The standard InChI is InChI=1S/C14H18N2O3/c1-19-14(18)12-9-5-8-11(16-12)13(17)15-10-6-3-2-4-7-10/h5,8-10H,2-4,6-7H2,1H3,(H,15,17). The van der Waals surface area contributed by atoms with E-state index in [-0.39, 0.29) is 23.3 Å². The van der Waals surface area contributed by atoms with Crippen LogP contribution in [-0.2, 0) is 4.74 Å². The van der Waals surface area contributed by atoms with Crippen LogP contribution >= 0.6 is 0 Å². The Bertz CT molecular complexity index is 468. The predicted octanol–water partition coefficient (Wildman–Crippen LogP) is 1.93. The molecule has 5 heteroatoms. The second-order valence-corrected chi connectivity index (χ2v) is 4.71. The number of methoxy groups -OCH3 is 1. The third-order valence-corrected chi connectivity index (χ3v) is 3.32. The van der Waals surface area contributed by atoms with E-state index in [1.165, 1.54) is 19.6 Å². The van der Waals surface area contributed by atoms with Crippen LogP contribution in [0.3, 0.4) is 0 Å². The number of pyridine rings is 1. The smallest absolute Gasteiger partial charge is 0.356 e. The Morgan fingerprint density at radius 1 is 1.21 bits per heavy atom. The summed E-state index contributed by atoms with van der Waals surface area (Å²) in [5.74, 6) is -0.759. The van der Waals surface area contributed by atoms with Gasteiger partial charge >= 0.3 is 5.97 Å². The van der Waals surface area contributed by atoms with Crippen LogP contribution in [0.25, 0.3) is 0 Å². The molecule has 1 aliphatic rings. The number of nitrogens with zero attached hydrogens (tertiary/aromatic N) is 1. The van der Waals surface area contributed by atoms with Crippen LogP contribution in [-0.4, -0.2) is 30.0 Å². The molecule has 2 rings (SSSR count). The van der Waals surface area contributed by atoms with Gasteiger partial charge < -0.3 is 10.1 Å². The van der Waals surface area contributed by atoms with Gasteiger partial charge in [-0.15, -0.1) is 0 Å². The number of ether oxygens (including phenoxy) is 1. The molecular weight excluding hydrogens is 244 g/mol. The summed E-state index contributed by atoms with van der Waals surface area (Å²) in [6, 6.07) is 4.99. The van der Waals surface area contributed by atoms with Crippen LogP contribution in [0.2, 0.25) is 0 Å². The van der Waals surface area contributed by atoms with E-state index in [4.69, 9.17) is 0 Å². The van der Waals surface area contributed by atoms with E-state index in [9.17, 15) is 9.59 Å². The molecule has 0 saturated heterocycles. The van der Waals surface area contributed by atoms with Crippen molar-refractivity contribution in [3.8, 4) is 0 Å². The van der Waals surface area contributed by atoms with Gasteiger partial charge in [0.05, 0.1) is 7.11 Å². The van der Waals surface area contributed by atoms with E-state index in [2.05, 4.69) is 15.0 Å². The van der Waals surface area contributed by atoms with Crippen molar-refractivity contribution < 1.29 is 14.3 Å². The lowest BCUT2D eigenvalue weighted by atomic mass is 9.95.